The van der Waals surface area contributed by atoms with Gasteiger partial charge < -0.3 is 9.30 Å². The first-order chi connectivity index (χ1) is 16.6. The molecule has 0 radical (unpaired) electrons. The van der Waals surface area contributed by atoms with Gasteiger partial charge in [0.25, 0.3) is 0 Å². The average molecular weight is 493 g/mol. The van der Waals surface area contributed by atoms with Crippen LogP contribution in [0, 0.1) is 0 Å². The minimum Gasteiger partial charge on any atom is -0.379 e. The van der Waals surface area contributed by atoms with Crippen LogP contribution in [0.5, 0.6) is 0 Å². The van der Waals surface area contributed by atoms with Gasteiger partial charge in [0.2, 0.25) is 10.0 Å². The highest BCUT2D eigenvalue weighted by Crippen LogP contribution is 2.25. The van der Waals surface area contributed by atoms with E-state index in [2.05, 4.69) is 14.9 Å². The molecule has 4 aromatic rings. The predicted octanol–water partition coefficient (Wildman–Crippen LogP) is 3.91. The molecule has 3 heterocycles. The maximum atomic E-state index is 13.0. The molecular weight excluding hydrogens is 468 g/mol. The summed E-state index contributed by atoms with van der Waals surface area (Å²) < 4.78 is 34.9. The Bertz CT molecular complexity index is 1410. The number of hydrogen-bond acceptors (Lipinski definition) is 6. The molecule has 0 atom stereocenters. The highest BCUT2D eigenvalue weighted by atomic mass is 32.2. The standard InChI is InChI=1S/C25H24N4O3S2/c30-34(31,28-13-15-32-16-14-28)23-10-8-21(9-11-23)24-19-33-25(27-22-6-2-1-3-7-22)29(24)18-20-5-4-12-26-17-20/h1-12,17,19H,13-16,18H2. The molecule has 174 valence electrons. The SMILES string of the molecule is O=S(=O)(c1ccc(-c2csc(=Nc3ccccc3)n2Cc2cccnc2)cc1)N1CCOCC1. The number of morpholine rings is 1. The van der Waals surface area contributed by atoms with Gasteiger partial charge in [-0.25, -0.2) is 13.4 Å². The first kappa shape index (κ1) is 22.7. The van der Waals surface area contributed by atoms with Gasteiger partial charge in [-0.1, -0.05) is 36.4 Å². The lowest BCUT2D eigenvalue weighted by molar-refractivity contribution is 0.0730. The molecule has 34 heavy (non-hydrogen) atoms. The van der Waals surface area contributed by atoms with Gasteiger partial charge in [0, 0.05) is 30.9 Å². The molecule has 9 heteroatoms. The Morgan fingerprint density at radius 1 is 0.971 bits per heavy atom. The summed E-state index contributed by atoms with van der Waals surface area (Å²) in [7, 11) is -3.53. The number of thiazole rings is 1. The topological polar surface area (TPSA) is 76.8 Å². The van der Waals surface area contributed by atoms with Gasteiger partial charge in [0.05, 0.1) is 36.0 Å². The zero-order valence-electron chi connectivity index (χ0n) is 18.4. The summed E-state index contributed by atoms with van der Waals surface area (Å²) in [5.41, 5.74) is 3.83. The monoisotopic (exact) mass is 492 g/mol. The van der Waals surface area contributed by atoms with E-state index in [1.54, 1.807) is 29.7 Å². The molecule has 0 N–H and O–H groups in total. The van der Waals surface area contributed by atoms with Gasteiger partial charge in [0.1, 0.15) is 0 Å². The highest BCUT2D eigenvalue weighted by molar-refractivity contribution is 7.89. The van der Waals surface area contributed by atoms with Gasteiger partial charge in [-0.15, -0.1) is 11.3 Å². The number of ether oxygens (including phenoxy) is 1. The number of aromatic nitrogens is 2. The molecule has 1 fully saturated rings. The summed E-state index contributed by atoms with van der Waals surface area (Å²) in [6.07, 6.45) is 3.60. The molecule has 2 aromatic carbocycles. The zero-order valence-corrected chi connectivity index (χ0v) is 20.1. The van der Waals surface area contributed by atoms with Crippen molar-refractivity contribution >= 4 is 27.0 Å². The summed E-state index contributed by atoms with van der Waals surface area (Å²) in [6.45, 7) is 2.21. The predicted molar refractivity (Wildman–Crippen MR) is 132 cm³/mol. The molecule has 0 spiro atoms. The van der Waals surface area contributed by atoms with Crippen molar-refractivity contribution in [2.75, 3.05) is 26.3 Å². The first-order valence-electron chi connectivity index (χ1n) is 11.0. The molecule has 1 aliphatic rings. The molecule has 0 unspecified atom stereocenters. The van der Waals surface area contributed by atoms with Gasteiger partial charge >= 0.3 is 0 Å². The molecule has 0 saturated carbocycles. The van der Waals surface area contributed by atoms with E-state index in [4.69, 9.17) is 9.73 Å². The molecule has 0 amide bonds. The van der Waals surface area contributed by atoms with Crippen molar-refractivity contribution in [2.24, 2.45) is 4.99 Å². The molecule has 7 nitrogen and oxygen atoms in total. The largest absolute Gasteiger partial charge is 0.379 e. The van der Waals surface area contributed by atoms with E-state index in [0.717, 1.165) is 27.3 Å². The Hall–Kier alpha value is -3.11. The number of pyridine rings is 1. The summed E-state index contributed by atoms with van der Waals surface area (Å²) in [5.74, 6) is 0. The maximum Gasteiger partial charge on any atom is 0.243 e. The minimum atomic E-state index is -3.53. The van der Waals surface area contributed by atoms with Crippen LogP contribution in [0.4, 0.5) is 5.69 Å². The fourth-order valence-corrected chi connectivity index (χ4v) is 6.16. The summed E-state index contributed by atoms with van der Waals surface area (Å²) in [4.78, 5) is 10.2. The number of nitrogens with zero attached hydrogens (tertiary/aromatic N) is 4. The second-order valence-electron chi connectivity index (χ2n) is 7.84. The Labute approximate surface area is 202 Å². The molecule has 1 saturated heterocycles. The maximum absolute atomic E-state index is 13.0. The highest BCUT2D eigenvalue weighted by Gasteiger charge is 2.26. The van der Waals surface area contributed by atoms with Crippen LogP contribution in [0.15, 0.2) is 94.4 Å². The van der Waals surface area contributed by atoms with Crippen LogP contribution in [0.2, 0.25) is 0 Å². The van der Waals surface area contributed by atoms with Gasteiger partial charge in [-0.05, 0) is 41.5 Å². The Kier molecular flexibility index (Phi) is 6.68. The van der Waals surface area contributed by atoms with E-state index in [1.165, 1.54) is 4.31 Å². The summed E-state index contributed by atoms with van der Waals surface area (Å²) in [5, 5.41) is 2.06. The van der Waals surface area contributed by atoms with Crippen LogP contribution in [-0.2, 0) is 21.3 Å². The number of hydrogen-bond donors (Lipinski definition) is 0. The molecular formula is C25H24N4O3S2. The second-order valence-corrected chi connectivity index (χ2v) is 10.6. The molecule has 5 rings (SSSR count). The van der Waals surface area contributed by atoms with Crippen LogP contribution in [0.3, 0.4) is 0 Å². The van der Waals surface area contributed by atoms with E-state index in [-0.39, 0.29) is 0 Å². The molecule has 1 aliphatic heterocycles. The Morgan fingerprint density at radius 3 is 2.44 bits per heavy atom. The van der Waals surface area contributed by atoms with E-state index < -0.39 is 10.0 Å². The Morgan fingerprint density at radius 2 is 1.74 bits per heavy atom. The number of para-hydroxylation sites is 1. The zero-order chi connectivity index (χ0) is 23.4. The minimum absolute atomic E-state index is 0.293. The number of rotatable bonds is 6. The van der Waals surface area contributed by atoms with E-state index >= 15 is 0 Å². The van der Waals surface area contributed by atoms with Crippen LogP contribution in [-0.4, -0.2) is 48.6 Å². The van der Waals surface area contributed by atoms with Crippen molar-refractivity contribution in [3.8, 4) is 11.3 Å². The van der Waals surface area contributed by atoms with E-state index in [1.807, 2.05) is 60.8 Å². The van der Waals surface area contributed by atoms with Crippen molar-refractivity contribution in [1.82, 2.24) is 13.9 Å². The van der Waals surface area contributed by atoms with Crippen LogP contribution < -0.4 is 4.80 Å². The second kappa shape index (κ2) is 10.0. The van der Waals surface area contributed by atoms with Crippen molar-refractivity contribution in [2.45, 2.75) is 11.4 Å². The normalized spacial score (nSPS) is 15.5. The van der Waals surface area contributed by atoms with Crippen molar-refractivity contribution in [3.63, 3.8) is 0 Å². The lowest BCUT2D eigenvalue weighted by Gasteiger charge is -2.26. The number of sulfonamides is 1. The van der Waals surface area contributed by atoms with Crippen molar-refractivity contribution < 1.29 is 13.2 Å². The number of benzene rings is 2. The van der Waals surface area contributed by atoms with Crippen LogP contribution in [0.25, 0.3) is 11.3 Å². The fraction of sp³-hybridized carbons (Fsp3) is 0.200. The van der Waals surface area contributed by atoms with Gasteiger partial charge in [0.15, 0.2) is 4.80 Å². The van der Waals surface area contributed by atoms with E-state index in [0.29, 0.717) is 37.7 Å². The third-order valence-electron chi connectivity index (χ3n) is 5.60. The summed E-state index contributed by atoms with van der Waals surface area (Å²) in [6, 6.07) is 20.9. The van der Waals surface area contributed by atoms with Crippen molar-refractivity contribution in [1.29, 1.82) is 0 Å². The molecule has 2 aromatic heterocycles. The van der Waals surface area contributed by atoms with Gasteiger partial charge in [-0.2, -0.15) is 4.31 Å². The van der Waals surface area contributed by atoms with Crippen LogP contribution >= 0.6 is 11.3 Å². The smallest absolute Gasteiger partial charge is 0.243 e. The third kappa shape index (κ3) is 4.88. The van der Waals surface area contributed by atoms with Crippen molar-refractivity contribution in [3.05, 3.63) is 94.9 Å². The third-order valence-corrected chi connectivity index (χ3v) is 8.38. The Balaban J connectivity index is 1.52. The average Bonchev–Trinajstić information content (AvgIpc) is 3.27. The molecule has 0 aliphatic carbocycles. The summed E-state index contributed by atoms with van der Waals surface area (Å²) >= 11 is 1.55. The quantitative estimate of drug-likeness (QED) is 0.409. The lowest BCUT2D eigenvalue weighted by Crippen LogP contribution is -2.40. The fourth-order valence-electron chi connectivity index (χ4n) is 3.82. The first-order valence-corrected chi connectivity index (χ1v) is 13.3. The lowest BCUT2D eigenvalue weighted by atomic mass is 10.1. The van der Waals surface area contributed by atoms with Gasteiger partial charge in [-0.3, -0.25) is 4.98 Å². The molecule has 0 bridgehead atoms. The van der Waals surface area contributed by atoms with Crippen LogP contribution in [0.1, 0.15) is 5.56 Å². The van der Waals surface area contributed by atoms with E-state index in [9.17, 15) is 8.42 Å².